The molecule has 0 atom stereocenters. The molecule has 0 aliphatic heterocycles. The van der Waals surface area contributed by atoms with Gasteiger partial charge in [0.25, 0.3) is 5.56 Å². The van der Waals surface area contributed by atoms with E-state index in [9.17, 15) is 14.4 Å². The van der Waals surface area contributed by atoms with Crippen molar-refractivity contribution in [3.63, 3.8) is 0 Å². The minimum Gasteiger partial charge on any atom is -0.383 e. The zero-order valence-corrected chi connectivity index (χ0v) is 19.6. The average Bonchev–Trinajstić information content (AvgIpc) is 3.21. The molecule has 0 saturated heterocycles. The Bertz CT molecular complexity index is 1430. The molecule has 2 aromatic heterocycles. The summed E-state index contributed by atoms with van der Waals surface area (Å²) in [5.41, 5.74) is 7.57. The molecule has 0 unspecified atom stereocenters. The number of nitrogens with zero attached hydrogens (tertiary/aromatic N) is 4. The first-order valence-corrected chi connectivity index (χ1v) is 11.5. The second kappa shape index (κ2) is 9.84. The van der Waals surface area contributed by atoms with Crippen LogP contribution >= 0.6 is 11.8 Å². The Labute approximate surface area is 199 Å². The number of thioether (sulfide) groups is 1. The van der Waals surface area contributed by atoms with Crippen molar-refractivity contribution in [3.8, 4) is 11.3 Å². The van der Waals surface area contributed by atoms with Crippen molar-refractivity contribution in [2.75, 3.05) is 23.4 Å². The zero-order valence-electron chi connectivity index (χ0n) is 18.8. The van der Waals surface area contributed by atoms with Crippen molar-refractivity contribution >= 4 is 29.2 Å². The number of H-pyrrole nitrogens is 1. The van der Waals surface area contributed by atoms with Gasteiger partial charge in [-0.3, -0.25) is 19.1 Å². The first kappa shape index (κ1) is 23.1. The number of aromatic nitrogens is 4. The lowest BCUT2D eigenvalue weighted by Crippen LogP contribution is -2.40. The van der Waals surface area contributed by atoms with Gasteiger partial charge in [0.2, 0.25) is 5.91 Å². The monoisotopic (exact) mass is 476 g/mol. The van der Waals surface area contributed by atoms with Gasteiger partial charge in [0.1, 0.15) is 5.82 Å². The van der Waals surface area contributed by atoms with Crippen molar-refractivity contribution in [1.82, 2.24) is 19.1 Å². The van der Waals surface area contributed by atoms with E-state index in [-0.39, 0.29) is 29.7 Å². The van der Waals surface area contributed by atoms with E-state index in [1.54, 1.807) is 6.20 Å². The molecule has 0 saturated carbocycles. The van der Waals surface area contributed by atoms with Gasteiger partial charge in [-0.2, -0.15) is 0 Å². The number of carbonyl (C=O) groups is 1. The molecule has 9 nitrogen and oxygen atoms in total. The number of hydrogen-bond donors (Lipinski definition) is 2. The Hall–Kier alpha value is -4.05. The Morgan fingerprint density at radius 3 is 2.41 bits per heavy atom. The maximum atomic E-state index is 12.9. The molecule has 34 heavy (non-hydrogen) atoms. The number of imidazole rings is 1. The van der Waals surface area contributed by atoms with Gasteiger partial charge in [0, 0.05) is 14.1 Å². The summed E-state index contributed by atoms with van der Waals surface area (Å²) in [7, 11) is 3.35. The molecular weight excluding hydrogens is 452 g/mol. The predicted molar refractivity (Wildman–Crippen MR) is 134 cm³/mol. The number of nitrogen functional groups attached to an aromatic ring is 1. The summed E-state index contributed by atoms with van der Waals surface area (Å²) in [5.74, 6) is -0.384. The fraction of sp³-hybridized carbons (Fsp3) is 0.167. The summed E-state index contributed by atoms with van der Waals surface area (Å²) in [6, 6.07) is 19.1. The summed E-state index contributed by atoms with van der Waals surface area (Å²) in [4.78, 5) is 45.7. The summed E-state index contributed by atoms with van der Waals surface area (Å²) in [6.45, 7) is 0.168. The van der Waals surface area contributed by atoms with Crippen LogP contribution in [0.1, 0.15) is 5.56 Å². The van der Waals surface area contributed by atoms with Crippen molar-refractivity contribution in [2.24, 2.45) is 7.05 Å². The Morgan fingerprint density at radius 2 is 1.74 bits per heavy atom. The van der Waals surface area contributed by atoms with Gasteiger partial charge in [-0.25, -0.2) is 9.78 Å². The third kappa shape index (κ3) is 4.67. The standard InChI is InChI=1S/C24H24N6O3S/c1-28-18(17-11-7-4-8-12-17)13-26-24(28)34-15-19(31)29(2)20-21(25)30(23(33)27-22(20)32)14-16-9-5-3-6-10-16/h3-13H,14-15,25H2,1-2H3,(H,27,32,33). The van der Waals surface area contributed by atoms with E-state index in [0.29, 0.717) is 5.16 Å². The largest absolute Gasteiger partial charge is 0.383 e. The highest BCUT2D eigenvalue weighted by atomic mass is 32.2. The zero-order chi connectivity index (χ0) is 24.2. The van der Waals surface area contributed by atoms with E-state index in [1.165, 1.54) is 28.3 Å². The summed E-state index contributed by atoms with van der Waals surface area (Å²) in [5, 5.41) is 0.663. The van der Waals surface area contributed by atoms with Crippen LogP contribution in [0.4, 0.5) is 11.5 Å². The van der Waals surface area contributed by atoms with Crippen LogP contribution in [0.25, 0.3) is 11.3 Å². The normalized spacial score (nSPS) is 10.9. The quantitative estimate of drug-likeness (QED) is 0.395. The molecule has 174 valence electrons. The summed E-state index contributed by atoms with van der Waals surface area (Å²) in [6.07, 6.45) is 1.76. The topological polar surface area (TPSA) is 119 Å². The molecule has 0 fully saturated rings. The molecule has 0 aliphatic carbocycles. The van der Waals surface area contributed by atoms with E-state index < -0.39 is 11.2 Å². The van der Waals surface area contributed by atoms with Crippen LogP contribution < -0.4 is 21.9 Å². The number of nitrogens with two attached hydrogens (primary N) is 1. The number of benzene rings is 2. The smallest absolute Gasteiger partial charge is 0.330 e. The van der Waals surface area contributed by atoms with Crippen LogP contribution in [0.15, 0.2) is 81.6 Å². The summed E-state index contributed by atoms with van der Waals surface area (Å²) >= 11 is 1.25. The number of nitrogens with one attached hydrogen (secondary N) is 1. The molecular formula is C24H24N6O3S. The van der Waals surface area contributed by atoms with Gasteiger partial charge in [-0.05, 0) is 11.1 Å². The highest BCUT2D eigenvalue weighted by molar-refractivity contribution is 7.99. The highest BCUT2D eigenvalue weighted by Gasteiger charge is 2.22. The maximum Gasteiger partial charge on any atom is 0.330 e. The molecule has 2 heterocycles. The lowest BCUT2D eigenvalue weighted by molar-refractivity contribution is -0.115. The SMILES string of the molecule is CN(C(=O)CSc1ncc(-c2ccccc2)n1C)c1c(N)n(Cc2ccccc2)c(=O)[nH]c1=O. The number of rotatable bonds is 7. The lowest BCUT2D eigenvalue weighted by Gasteiger charge is -2.20. The number of hydrogen-bond acceptors (Lipinski definition) is 6. The molecule has 0 radical (unpaired) electrons. The summed E-state index contributed by atoms with van der Waals surface area (Å²) < 4.78 is 3.16. The average molecular weight is 477 g/mol. The van der Waals surface area contributed by atoms with Crippen molar-refractivity contribution < 1.29 is 4.79 Å². The number of amides is 1. The molecule has 3 N–H and O–H groups in total. The molecule has 4 aromatic rings. The van der Waals surface area contributed by atoms with Gasteiger partial charge in [0.15, 0.2) is 10.8 Å². The molecule has 1 amide bonds. The van der Waals surface area contributed by atoms with E-state index >= 15 is 0 Å². The molecule has 0 aliphatic rings. The first-order chi connectivity index (χ1) is 16.4. The first-order valence-electron chi connectivity index (χ1n) is 10.5. The van der Waals surface area contributed by atoms with Crippen LogP contribution in [0, 0.1) is 0 Å². The van der Waals surface area contributed by atoms with E-state index in [1.807, 2.05) is 72.3 Å². The van der Waals surface area contributed by atoms with Crippen LogP contribution in [-0.2, 0) is 18.4 Å². The molecule has 0 bridgehead atoms. The van der Waals surface area contributed by atoms with Gasteiger partial charge >= 0.3 is 5.69 Å². The fourth-order valence-electron chi connectivity index (χ4n) is 3.58. The Balaban J connectivity index is 1.53. The highest BCUT2D eigenvalue weighted by Crippen LogP contribution is 2.25. The van der Waals surface area contributed by atoms with E-state index in [2.05, 4.69) is 9.97 Å². The molecule has 0 spiro atoms. The van der Waals surface area contributed by atoms with Crippen LogP contribution in [0.5, 0.6) is 0 Å². The van der Waals surface area contributed by atoms with E-state index in [0.717, 1.165) is 16.8 Å². The third-order valence-corrected chi connectivity index (χ3v) is 6.48. The van der Waals surface area contributed by atoms with Crippen LogP contribution in [0.2, 0.25) is 0 Å². The fourth-order valence-corrected chi connectivity index (χ4v) is 4.44. The van der Waals surface area contributed by atoms with Gasteiger partial charge in [-0.1, -0.05) is 72.4 Å². The molecule has 10 heteroatoms. The van der Waals surface area contributed by atoms with Gasteiger partial charge in [-0.15, -0.1) is 0 Å². The van der Waals surface area contributed by atoms with Crippen LogP contribution in [0.3, 0.4) is 0 Å². The van der Waals surface area contributed by atoms with E-state index in [4.69, 9.17) is 5.73 Å². The maximum absolute atomic E-state index is 12.9. The Morgan fingerprint density at radius 1 is 1.09 bits per heavy atom. The van der Waals surface area contributed by atoms with Gasteiger partial charge in [0.05, 0.1) is 24.2 Å². The minimum atomic E-state index is -0.712. The predicted octanol–water partition coefficient (Wildman–Crippen LogP) is 2.32. The van der Waals surface area contributed by atoms with Crippen molar-refractivity contribution in [1.29, 1.82) is 0 Å². The minimum absolute atomic E-state index is 0.0340. The van der Waals surface area contributed by atoms with Crippen LogP contribution in [-0.4, -0.2) is 37.8 Å². The lowest BCUT2D eigenvalue weighted by atomic mass is 10.2. The Kier molecular flexibility index (Phi) is 6.69. The molecule has 2 aromatic carbocycles. The van der Waals surface area contributed by atoms with Gasteiger partial charge < -0.3 is 15.2 Å². The second-order valence-electron chi connectivity index (χ2n) is 7.66. The van der Waals surface area contributed by atoms with Crippen molar-refractivity contribution in [2.45, 2.75) is 11.7 Å². The number of aromatic amines is 1. The number of anilines is 2. The third-order valence-electron chi connectivity index (χ3n) is 5.45. The van der Waals surface area contributed by atoms with Crippen molar-refractivity contribution in [3.05, 3.63) is 93.3 Å². The molecule has 4 rings (SSSR count). The second-order valence-corrected chi connectivity index (χ2v) is 8.60. The number of carbonyl (C=O) groups excluding carboxylic acids is 1.